The number of carbonyl (C=O) groups excluding carboxylic acids is 2. The molecule has 23 heavy (non-hydrogen) atoms. The van der Waals surface area contributed by atoms with E-state index >= 15 is 0 Å². The summed E-state index contributed by atoms with van der Waals surface area (Å²) in [6.07, 6.45) is 0. The van der Waals surface area contributed by atoms with Gasteiger partial charge < -0.3 is 14.9 Å². The number of carboxylic acids is 1. The van der Waals surface area contributed by atoms with E-state index in [0.29, 0.717) is 0 Å². The number of carbonyl (C=O) groups is 3. The number of aliphatic carboxylic acids is 1. The molecule has 2 N–H and O–H groups in total. The highest BCUT2D eigenvalue weighted by molar-refractivity contribution is 6.10. The molecule has 2 unspecified atom stereocenters. The van der Waals surface area contributed by atoms with Crippen LogP contribution < -0.4 is 0 Å². The Labute approximate surface area is 135 Å². The fourth-order valence-electron chi connectivity index (χ4n) is 2.23. The third-order valence-corrected chi connectivity index (χ3v) is 3.46. The van der Waals surface area contributed by atoms with E-state index in [1.54, 1.807) is 39.0 Å². The quantitative estimate of drug-likeness (QED) is 0.611. The summed E-state index contributed by atoms with van der Waals surface area (Å²) >= 11 is 0. The Hall–Kier alpha value is -2.21. The first kappa shape index (κ1) is 18.8. The summed E-state index contributed by atoms with van der Waals surface area (Å²) in [4.78, 5) is 36.6. The highest BCUT2D eigenvalue weighted by atomic mass is 16.6. The van der Waals surface area contributed by atoms with Crippen LogP contribution in [0.2, 0.25) is 0 Å². The van der Waals surface area contributed by atoms with Crippen LogP contribution in [0.1, 0.15) is 39.2 Å². The van der Waals surface area contributed by atoms with Crippen LogP contribution in [-0.2, 0) is 19.1 Å². The number of rotatable bonds is 6. The number of ketones is 1. The van der Waals surface area contributed by atoms with Gasteiger partial charge in [-0.05, 0) is 12.5 Å². The molecular weight excluding hydrogens is 300 g/mol. The summed E-state index contributed by atoms with van der Waals surface area (Å²) in [5, 5.41) is 20.1. The van der Waals surface area contributed by atoms with Gasteiger partial charge in [0.25, 0.3) is 5.60 Å². The Morgan fingerprint density at radius 3 is 2.04 bits per heavy atom. The molecule has 1 aromatic rings. The smallest absolute Gasteiger partial charge is 0.351 e. The number of benzene rings is 1. The largest absolute Gasteiger partial charge is 0.479 e. The minimum absolute atomic E-state index is 0.111. The predicted octanol–water partition coefficient (Wildman–Crippen LogP) is 1.76. The summed E-state index contributed by atoms with van der Waals surface area (Å²) in [5.74, 6) is -5.30. The van der Waals surface area contributed by atoms with Crippen LogP contribution in [0.15, 0.2) is 30.3 Å². The molecule has 6 nitrogen and oxygen atoms in total. The maximum absolute atomic E-state index is 12.8. The van der Waals surface area contributed by atoms with E-state index in [0.717, 1.165) is 0 Å². The third-order valence-electron chi connectivity index (χ3n) is 3.46. The van der Waals surface area contributed by atoms with Crippen molar-refractivity contribution < 1.29 is 29.3 Å². The number of ether oxygens (including phenoxy) is 1. The zero-order chi connectivity index (χ0) is 17.8. The van der Waals surface area contributed by atoms with E-state index < -0.39 is 34.7 Å². The van der Waals surface area contributed by atoms with Gasteiger partial charge in [-0.15, -0.1) is 0 Å². The average molecular weight is 322 g/mol. The molecule has 0 saturated heterocycles. The molecule has 6 heteroatoms. The standard InChI is InChI=1S/C17H22O6/c1-5-23-15(21)17(22,14(19)20)12(13(18)16(2,3)4)11-9-7-6-8-10-11/h6-10,12,22H,5H2,1-4H3,(H,19,20). The van der Waals surface area contributed by atoms with E-state index in [1.165, 1.54) is 19.1 Å². The molecule has 0 fully saturated rings. The van der Waals surface area contributed by atoms with Crippen molar-refractivity contribution in [3.8, 4) is 0 Å². The molecule has 0 saturated carbocycles. The molecule has 1 rings (SSSR count). The van der Waals surface area contributed by atoms with E-state index in [1.807, 2.05) is 0 Å². The SMILES string of the molecule is CCOC(=O)C(O)(C(=O)O)C(C(=O)C(C)(C)C)c1ccccc1. The monoisotopic (exact) mass is 322 g/mol. The number of esters is 1. The summed E-state index contributed by atoms with van der Waals surface area (Å²) in [5.41, 5.74) is -3.71. The lowest BCUT2D eigenvalue weighted by Crippen LogP contribution is -2.56. The predicted molar refractivity (Wildman–Crippen MR) is 82.9 cm³/mol. The topological polar surface area (TPSA) is 101 Å². The Morgan fingerprint density at radius 2 is 1.65 bits per heavy atom. The van der Waals surface area contributed by atoms with Crippen molar-refractivity contribution in [2.75, 3.05) is 6.61 Å². The number of hydrogen-bond donors (Lipinski definition) is 2. The Kier molecular flexibility index (Phi) is 5.66. The lowest BCUT2D eigenvalue weighted by Gasteiger charge is -2.33. The fraction of sp³-hybridized carbons (Fsp3) is 0.471. The van der Waals surface area contributed by atoms with Crippen molar-refractivity contribution in [2.45, 2.75) is 39.2 Å². The van der Waals surface area contributed by atoms with Crippen molar-refractivity contribution in [1.29, 1.82) is 0 Å². The number of aliphatic hydroxyl groups is 1. The summed E-state index contributed by atoms with van der Waals surface area (Å²) in [7, 11) is 0. The Bertz CT molecular complexity index is 587. The number of hydrogen-bond acceptors (Lipinski definition) is 5. The van der Waals surface area contributed by atoms with Crippen molar-refractivity contribution in [3.05, 3.63) is 35.9 Å². The molecular formula is C17H22O6. The number of Topliss-reactive ketones (excluding diaryl/α,β-unsaturated/α-hetero) is 1. The van der Waals surface area contributed by atoms with E-state index in [4.69, 9.17) is 4.74 Å². The minimum Gasteiger partial charge on any atom is -0.479 e. The van der Waals surface area contributed by atoms with Gasteiger partial charge in [0.2, 0.25) is 0 Å². The zero-order valence-corrected chi connectivity index (χ0v) is 13.7. The molecule has 126 valence electrons. The van der Waals surface area contributed by atoms with Gasteiger partial charge in [-0.3, -0.25) is 4.79 Å². The summed E-state index contributed by atoms with van der Waals surface area (Å²) in [6.45, 7) is 6.17. The highest BCUT2D eigenvalue weighted by Crippen LogP contribution is 2.37. The fourth-order valence-corrected chi connectivity index (χ4v) is 2.23. The molecule has 0 aliphatic heterocycles. The lowest BCUT2D eigenvalue weighted by molar-refractivity contribution is -0.185. The molecule has 0 aliphatic carbocycles. The second-order valence-corrected chi connectivity index (χ2v) is 6.25. The molecule has 0 aromatic heterocycles. The zero-order valence-electron chi connectivity index (χ0n) is 13.7. The maximum atomic E-state index is 12.8. The van der Waals surface area contributed by atoms with Crippen molar-refractivity contribution in [1.82, 2.24) is 0 Å². The number of carboxylic acid groups (broad SMARTS) is 1. The van der Waals surface area contributed by atoms with Gasteiger partial charge in [0.05, 0.1) is 12.5 Å². The molecule has 0 radical (unpaired) electrons. The first-order valence-electron chi connectivity index (χ1n) is 7.29. The van der Waals surface area contributed by atoms with Gasteiger partial charge in [-0.2, -0.15) is 0 Å². The minimum atomic E-state index is -2.98. The normalized spacial score (nSPS) is 15.3. The maximum Gasteiger partial charge on any atom is 0.351 e. The van der Waals surface area contributed by atoms with Crippen LogP contribution >= 0.6 is 0 Å². The molecule has 1 aromatic carbocycles. The summed E-state index contributed by atoms with van der Waals surface area (Å²) < 4.78 is 4.71. The Balaban J connectivity index is 3.56. The lowest BCUT2D eigenvalue weighted by atomic mass is 9.71. The molecule has 0 aliphatic rings. The molecule has 0 amide bonds. The van der Waals surface area contributed by atoms with Crippen molar-refractivity contribution in [3.63, 3.8) is 0 Å². The van der Waals surface area contributed by atoms with Crippen molar-refractivity contribution in [2.24, 2.45) is 5.41 Å². The van der Waals surface area contributed by atoms with Crippen LogP contribution in [0.5, 0.6) is 0 Å². The highest BCUT2D eigenvalue weighted by Gasteiger charge is 2.57. The Morgan fingerprint density at radius 1 is 1.13 bits per heavy atom. The van der Waals surface area contributed by atoms with Gasteiger partial charge in [0.15, 0.2) is 0 Å². The van der Waals surface area contributed by atoms with Gasteiger partial charge in [-0.1, -0.05) is 51.1 Å². The van der Waals surface area contributed by atoms with Crippen molar-refractivity contribution >= 4 is 17.7 Å². The first-order chi connectivity index (χ1) is 10.6. The molecule has 0 spiro atoms. The van der Waals surface area contributed by atoms with Gasteiger partial charge in [0, 0.05) is 5.41 Å². The third kappa shape index (κ3) is 3.76. The van der Waals surface area contributed by atoms with Crippen LogP contribution in [0.4, 0.5) is 0 Å². The van der Waals surface area contributed by atoms with E-state index in [9.17, 15) is 24.6 Å². The van der Waals surface area contributed by atoms with Crippen LogP contribution in [0.3, 0.4) is 0 Å². The van der Waals surface area contributed by atoms with Gasteiger partial charge in [-0.25, -0.2) is 9.59 Å². The van der Waals surface area contributed by atoms with E-state index in [2.05, 4.69) is 0 Å². The van der Waals surface area contributed by atoms with Gasteiger partial charge in [0.1, 0.15) is 5.78 Å². The van der Waals surface area contributed by atoms with Gasteiger partial charge >= 0.3 is 11.9 Å². The van der Waals surface area contributed by atoms with Crippen LogP contribution in [-0.4, -0.2) is 40.1 Å². The molecule has 0 heterocycles. The second-order valence-electron chi connectivity index (χ2n) is 6.25. The summed E-state index contributed by atoms with van der Waals surface area (Å²) in [6, 6.07) is 7.90. The average Bonchev–Trinajstić information content (AvgIpc) is 2.47. The second kappa shape index (κ2) is 6.91. The van der Waals surface area contributed by atoms with Crippen LogP contribution in [0, 0.1) is 5.41 Å². The molecule has 0 bridgehead atoms. The van der Waals surface area contributed by atoms with Crippen LogP contribution in [0.25, 0.3) is 0 Å². The first-order valence-corrected chi connectivity index (χ1v) is 7.29. The molecule has 2 atom stereocenters. The van der Waals surface area contributed by atoms with E-state index in [-0.39, 0.29) is 12.2 Å².